The molecule has 1 fully saturated rings. The first-order chi connectivity index (χ1) is 11.8. The predicted molar refractivity (Wildman–Crippen MR) is 89.1 cm³/mol. The summed E-state index contributed by atoms with van der Waals surface area (Å²) in [6.45, 7) is 0.680. The van der Waals surface area contributed by atoms with E-state index in [0.29, 0.717) is 23.9 Å². The Kier molecular flexibility index (Phi) is 3.09. The van der Waals surface area contributed by atoms with Crippen molar-refractivity contribution < 1.29 is 4.52 Å². The normalized spacial score (nSPS) is 21.7. The monoisotopic (exact) mass is 338 g/mol. The lowest BCUT2D eigenvalue weighted by atomic mass is 10.1. The molecule has 5 rings (SSSR count). The molecule has 0 radical (unpaired) electrons. The number of nitrogens with zero attached hydrogens (tertiary/aromatic N) is 4. The van der Waals surface area contributed by atoms with Gasteiger partial charge in [-0.05, 0) is 17.9 Å². The molecule has 1 aliphatic heterocycles. The van der Waals surface area contributed by atoms with Crippen molar-refractivity contribution in [3.63, 3.8) is 0 Å². The molecule has 0 unspecified atom stereocenters. The van der Waals surface area contributed by atoms with Gasteiger partial charge in [0.15, 0.2) is 11.0 Å². The van der Waals surface area contributed by atoms with E-state index in [1.165, 1.54) is 5.56 Å². The highest BCUT2D eigenvalue weighted by molar-refractivity contribution is 7.99. The Balaban J connectivity index is 1.44. The Hall–Kier alpha value is -2.41. The maximum Gasteiger partial charge on any atom is 0.267 e. The van der Waals surface area contributed by atoms with Crippen molar-refractivity contribution in [2.45, 2.75) is 30.0 Å². The van der Waals surface area contributed by atoms with Gasteiger partial charge in [-0.15, -0.1) is 0 Å². The summed E-state index contributed by atoms with van der Waals surface area (Å²) in [5.41, 5.74) is 1.58. The molecule has 2 atom stereocenters. The van der Waals surface area contributed by atoms with Crippen LogP contribution in [0.5, 0.6) is 0 Å². The Morgan fingerprint density at radius 3 is 2.96 bits per heavy atom. The smallest absolute Gasteiger partial charge is 0.267 e. The first-order valence-electron chi connectivity index (χ1n) is 7.93. The topological polar surface area (TPSA) is 73.8 Å². The molecule has 0 bridgehead atoms. The summed E-state index contributed by atoms with van der Waals surface area (Å²) >= 11 is 1.59. The standard InChI is InChI=1S/C17H14N4O2S/c22-16-13(9-18-17-21(16)6-7-24-17)15-19-14(20-23-15)12-8-11(12)10-4-2-1-3-5-10/h1-5,9,11-12H,6-8H2/t11-,12+/m0/s1. The predicted octanol–water partition coefficient (Wildman–Crippen LogP) is 2.67. The van der Waals surface area contributed by atoms with Gasteiger partial charge >= 0.3 is 0 Å². The van der Waals surface area contributed by atoms with Crippen LogP contribution in [0.25, 0.3) is 11.5 Å². The summed E-state index contributed by atoms with van der Waals surface area (Å²) in [6, 6.07) is 10.4. The second kappa shape index (κ2) is 5.31. The van der Waals surface area contributed by atoms with E-state index in [1.807, 2.05) is 18.2 Å². The van der Waals surface area contributed by atoms with E-state index in [4.69, 9.17) is 4.52 Å². The van der Waals surface area contributed by atoms with Crippen molar-refractivity contribution in [3.8, 4) is 11.5 Å². The highest BCUT2D eigenvalue weighted by Gasteiger charge is 2.43. The quantitative estimate of drug-likeness (QED) is 0.684. The Morgan fingerprint density at radius 2 is 2.08 bits per heavy atom. The number of rotatable bonds is 3. The van der Waals surface area contributed by atoms with Crippen LogP contribution in [0.15, 0.2) is 51.0 Å². The lowest BCUT2D eigenvalue weighted by Crippen LogP contribution is -2.21. The maximum absolute atomic E-state index is 12.5. The number of hydrogen-bond acceptors (Lipinski definition) is 6. The average Bonchev–Trinajstić information content (AvgIpc) is 3.04. The fourth-order valence-corrected chi connectivity index (χ4v) is 4.12. The van der Waals surface area contributed by atoms with E-state index in [-0.39, 0.29) is 17.4 Å². The molecule has 3 heterocycles. The number of hydrogen-bond donors (Lipinski definition) is 0. The van der Waals surface area contributed by atoms with Crippen LogP contribution in [0.4, 0.5) is 0 Å². The zero-order chi connectivity index (χ0) is 16.1. The van der Waals surface area contributed by atoms with Crippen molar-refractivity contribution in [1.82, 2.24) is 19.7 Å². The minimum Gasteiger partial charge on any atom is -0.334 e. The van der Waals surface area contributed by atoms with Crippen LogP contribution < -0.4 is 5.56 Å². The van der Waals surface area contributed by atoms with E-state index in [2.05, 4.69) is 27.3 Å². The van der Waals surface area contributed by atoms with Crippen LogP contribution in [-0.4, -0.2) is 25.4 Å². The molecule has 0 amide bonds. The van der Waals surface area contributed by atoms with Crippen molar-refractivity contribution in [1.29, 1.82) is 0 Å². The third-order valence-electron chi connectivity index (χ3n) is 4.58. The zero-order valence-electron chi connectivity index (χ0n) is 12.8. The fourth-order valence-electron chi connectivity index (χ4n) is 3.21. The number of benzene rings is 1. The highest BCUT2D eigenvalue weighted by Crippen LogP contribution is 2.53. The first kappa shape index (κ1) is 14.0. The highest BCUT2D eigenvalue weighted by atomic mass is 32.2. The van der Waals surface area contributed by atoms with E-state index in [0.717, 1.165) is 17.3 Å². The third kappa shape index (κ3) is 2.19. The fraction of sp³-hybridized carbons (Fsp3) is 0.294. The van der Waals surface area contributed by atoms with Gasteiger partial charge in [0.2, 0.25) is 0 Å². The summed E-state index contributed by atoms with van der Waals surface area (Å²) in [5, 5.41) is 4.86. The van der Waals surface area contributed by atoms with Gasteiger partial charge < -0.3 is 4.52 Å². The average molecular weight is 338 g/mol. The van der Waals surface area contributed by atoms with Gasteiger partial charge in [-0.3, -0.25) is 9.36 Å². The molecule has 7 heteroatoms. The number of thioether (sulfide) groups is 1. The molecule has 0 N–H and O–H groups in total. The molecule has 0 spiro atoms. The number of fused-ring (bicyclic) bond motifs is 1. The molecular formula is C17H14N4O2S. The summed E-state index contributed by atoms with van der Waals surface area (Å²) in [5.74, 6) is 2.53. The van der Waals surface area contributed by atoms with Crippen LogP contribution in [0.1, 0.15) is 29.6 Å². The van der Waals surface area contributed by atoms with Crippen LogP contribution in [0, 0.1) is 0 Å². The van der Waals surface area contributed by atoms with Crippen molar-refractivity contribution >= 4 is 11.8 Å². The maximum atomic E-state index is 12.5. The Labute approximate surface area is 141 Å². The third-order valence-corrected chi connectivity index (χ3v) is 5.55. The Morgan fingerprint density at radius 1 is 1.21 bits per heavy atom. The van der Waals surface area contributed by atoms with Gasteiger partial charge in [0.1, 0.15) is 5.56 Å². The Bertz CT molecular complexity index is 966. The molecule has 1 saturated carbocycles. The zero-order valence-corrected chi connectivity index (χ0v) is 13.6. The van der Waals surface area contributed by atoms with Gasteiger partial charge in [0.25, 0.3) is 11.4 Å². The van der Waals surface area contributed by atoms with Gasteiger partial charge in [0.05, 0.1) is 0 Å². The number of aromatic nitrogens is 4. The molecule has 1 aliphatic carbocycles. The molecular weight excluding hydrogens is 324 g/mol. The summed E-state index contributed by atoms with van der Waals surface area (Å²) in [7, 11) is 0. The lowest BCUT2D eigenvalue weighted by molar-refractivity contribution is 0.421. The first-order valence-corrected chi connectivity index (χ1v) is 8.91. The molecule has 0 saturated heterocycles. The lowest BCUT2D eigenvalue weighted by Gasteiger charge is -2.01. The van der Waals surface area contributed by atoms with Gasteiger partial charge in [-0.25, -0.2) is 4.98 Å². The largest absolute Gasteiger partial charge is 0.334 e. The van der Waals surface area contributed by atoms with Crippen LogP contribution in [-0.2, 0) is 6.54 Å². The van der Waals surface area contributed by atoms with Crippen molar-refractivity contribution in [2.24, 2.45) is 0 Å². The molecule has 2 aromatic heterocycles. The molecule has 1 aromatic carbocycles. The van der Waals surface area contributed by atoms with Crippen LogP contribution >= 0.6 is 11.8 Å². The van der Waals surface area contributed by atoms with Crippen molar-refractivity contribution in [3.05, 3.63) is 58.3 Å². The summed E-state index contributed by atoms with van der Waals surface area (Å²) < 4.78 is 7.03. The molecule has 120 valence electrons. The summed E-state index contributed by atoms with van der Waals surface area (Å²) in [6.07, 6.45) is 2.56. The van der Waals surface area contributed by atoms with Crippen molar-refractivity contribution in [2.75, 3.05) is 5.75 Å². The van der Waals surface area contributed by atoms with E-state index >= 15 is 0 Å². The van der Waals surface area contributed by atoms with E-state index in [1.54, 1.807) is 22.5 Å². The van der Waals surface area contributed by atoms with Crippen LogP contribution in [0.2, 0.25) is 0 Å². The summed E-state index contributed by atoms with van der Waals surface area (Å²) in [4.78, 5) is 21.3. The SMILES string of the molecule is O=c1c(-c2nc([C@@H]3C[C@H]3c3ccccc3)no2)cnc2n1CCS2. The second-order valence-corrected chi connectivity index (χ2v) is 7.14. The molecule has 6 nitrogen and oxygen atoms in total. The minimum atomic E-state index is -0.101. The second-order valence-electron chi connectivity index (χ2n) is 6.08. The van der Waals surface area contributed by atoms with Gasteiger partial charge in [0, 0.05) is 24.4 Å². The van der Waals surface area contributed by atoms with Crippen LogP contribution in [0.3, 0.4) is 0 Å². The van der Waals surface area contributed by atoms with E-state index < -0.39 is 0 Å². The van der Waals surface area contributed by atoms with E-state index in [9.17, 15) is 4.79 Å². The molecule has 2 aliphatic rings. The minimum absolute atomic E-state index is 0.101. The molecule has 3 aromatic rings. The van der Waals surface area contributed by atoms with Gasteiger partial charge in [-0.2, -0.15) is 4.98 Å². The van der Waals surface area contributed by atoms with Gasteiger partial charge in [-0.1, -0.05) is 47.3 Å². The molecule has 24 heavy (non-hydrogen) atoms.